The van der Waals surface area contributed by atoms with Gasteiger partial charge in [-0.15, -0.1) is 0 Å². The van der Waals surface area contributed by atoms with Crippen molar-refractivity contribution in [2.45, 2.75) is 25.4 Å². The van der Waals surface area contributed by atoms with E-state index in [1.54, 1.807) is 36.4 Å². The van der Waals surface area contributed by atoms with E-state index >= 15 is 0 Å². The molecule has 2 N–H and O–H groups in total. The second kappa shape index (κ2) is 9.89. The number of halogens is 1. The lowest BCUT2D eigenvalue weighted by molar-refractivity contribution is -0.123. The molecular formula is C24H23ClN2O2. The van der Waals surface area contributed by atoms with E-state index in [0.717, 1.165) is 11.1 Å². The van der Waals surface area contributed by atoms with Crippen LogP contribution in [0.2, 0.25) is 5.02 Å². The van der Waals surface area contributed by atoms with Crippen molar-refractivity contribution in [2.75, 3.05) is 0 Å². The smallest absolute Gasteiger partial charge is 0.251 e. The maximum Gasteiger partial charge on any atom is 0.251 e. The zero-order chi connectivity index (χ0) is 20.6. The Morgan fingerprint density at radius 1 is 0.828 bits per heavy atom. The number of benzene rings is 3. The molecule has 148 valence electrons. The Morgan fingerprint density at radius 2 is 1.41 bits per heavy atom. The molecule has 0 unspecified atom stereocenters. The van der Waals surface area contributed by atoms with Gasteiger partial charge in [-0.25, -0.2) is 0 Å². The van der Waals surface area contributed by atoms with Gasteiger partial charge in [-0.2, -0.15) is 0 Å². The maximum absolute atomic E-state index is 13.0. The molecule has 0 saturated carbocycles. The van der Waals surface area contributed by atoms with Crippen LogP contribution in [0.5, 0.6) is 0 Å². The Kier molecular flexibility index (Phi) is 7.04. The quantitative estimate of drug-likeness (QED) is 0.604. The number of carbonyl (C=O) groups is 2. The number of rotatable bonds is 7. The molecule has 0 radical (unpaired) electrons. The zero-order valence-corrected chi connectivity index (χ0v) is 16.9. The van der Waals surface area contributed by atoms with Crippen LogP contribution < -0.4 is 10.6 Å². The molecule has 0 spiro atoms. The van der Waals surface area contributed by atoms with Crippen LogP contribution in [-0.4, -0.2) is 17.9 Å². The first-order chi connectivity index (χ1) is 14.0. The van der Waals surface area contributed by atoms with Crippen LogP contribution in [0.4, 0.5) is 0 Å². The Labute approximate surface area is 175 Å². The fourth-order valence-electron chi connectivity index (χ4n) is 3.04. The highest BCUT2D eigenvalue weighted by Crippen LogP contribution is 2.16. The number of carbonyl (C=O) groups excluding carboxylic acids is 2. The minimum atomic E-state index is -0.695. The summed E-state index contributed by atoms with van der Waals surface area (Å²) < 4.78 is 0. The normalized spacial score (nSPS) is 12.6. The van der Waals surface area contributed by atoms with Gasteiger partial charge in [0.1, 0.15) is 6.04 Å². The molecule has 3 rings (SSSR count). The van der Waals surface area contributed by atoms with Crippen LogP contribution in [0.25, 0.3) is 0 Å². The summed E-state index contributed by atoms with van der Waals surface area (Å²) in [4.78, 5) is 25.7. The summed E-state index contributed by atoms with van der Waals surface area (Å²) in [6.45, 7) is 1.90. The molecule has 3 aromatic rings. The van der Waals surface area contributed by atoms with Crippen molar-refractivity contribution < 1.29 is 9.59 Å². The van der Waals surface area contributed by atoms with E-state index in [4.69, 9.17) is 11.6 Å². The van der Waals surface area contributed by atoms with Gasteiger partial charge in [0.05, 0.1) is 6.04 Å². The highest BCUT2D eigenvalue weighted by atomic mass is 35.5. The van der Waals surface area contributed by atoms with Gasteiger partial charge < -0.3 is 10.6 Å². The van der Waals surface area contributed by atoms with Gasteiger partial charge in [0.15, 0.2) is 0 Å². The predicted molar refractivity (Wildman–Crippen MR) is 116 cm³/mol. The third-order valence-electron chi connectivity index (χ3n) is 4.67. The fraction of sp³-hybridized carbons (Fsp3) is 0.167. The van der Waals surface area contributed by atoms with E-state index in [0.29, 0.717) is 17.0 Å². The largest absolute Gasteiger partial charge is 0.348 e. The standard InChI is InChI=1S/C24H23ClN2O2/c1-17(19-12-14-21(25)15-13-19)26-24(29)22(16-18-8-4-2-5-9-18)27-23(28)20-10-6-3-7-11-20/h2-15,17,22H,16H2,1H3,(H,26,29)(H,27,28)/t17-,22+/m0/s1. The molecule has 0 fully saturated rings. The lowest BCUT2D eigenvalue weighted by atomic mass is 10.0. The molecule has 0 aliphatic carbocycles. The monoisotopic (exact) mass is 406 g/mol. The van der Waals surface area contributed by atoms with E-state index < -0.39 is 6.04 Å². The summed E-state index contributed by atoms with van der Waals surface area (Å²) in [5.41, 5.74) is 2.43. The number of hydrogen-bond donors (Lipinski definition) is 2. The Morgan fingerprint density at radius 3 is 2.03 bits per heavy atom. The van der Waals surface area contributed by atoms with Crippen molar-refractivity contribution in [3.05, 3.63) is 107 Å². The number of hydrogen-bond acceptors (Lipinski definition) is 2. The predicted octanol–water partition coefficient (Wildman–Crippen LogP) is 4.56. The summed E-state index contributed by atoms with van der Waals surface area (Å²) in [7, 11) is 0. The third-order valence-corrected chi connectivity index (χ3v) is 4.92. The van der Waals surface area contributed by atoms with E-state index in [1.165, 1.54) is 0 Å². The van der Waals surface area contributed by atoms with E-state index in [2.05, 4.69) is 10.6 Å². The molecule has 5 heteroatoms. The van der Waals surface area contributed by atoms with E-state index in [9.17, 15) is 9.59 Å². The van der Waals surface area contributed by atoms with Crippen molar-refractivity contribution in [2.24, 2.45) is 0 Å². The summed E-state index contributed by atoms with van der Waals surface area (Å²) >= 11 is 5.94. The maximum atomic E-state index is 13.0. The number of amides is 2. The Balaban J connectivity index is 1.75. The molecule has 3 aromatic carbocycles. The summed E-state index contributed by atoms with van der Waals surface area (Å²) in [6, 6.07) is 24.9. The SMILES string of the molecule is C[C@H](NC(=O)[C@@H](Cc1ccccc1)NC(=O)c1ccccc1)c1ccc(Cl)cc1. The fourth-order valence-corrected chi connectivity index (χ4v) is 3.16. The van der Waals surface area contributed by atoms with Crippen LogP contribution >= 0.6 is 11.6 Å². The molecule has 0 saturated heterocycles. The third kappa shape index (κ3) is 5.93. The van der Waals surface area contributed by atoms with Gasteiger partial charge in [0.2, 0.25) is 5.91 Å². The highest BCUT2D eigenvalue weighted by Gasteiger charge is 2.23. The summed E-state index contributed by atoms with van der Waals surface area (Å²) in [5, 5.41) is 6.51. The molecule has 2 atom stereocenters. The zero-order valence-electron chi connectivity index (χ0n) is 16.1. The van der Waals surface area contributed by atoms with Gasteiger partial charge in [0, 0.05) is 17.0 Å². The first kappa shape index (κ1) is 20.6. The molecular weight excluding hydrogens is 384 g/mol. The van der Waals surface area contributed by atoms with Crippen LogP contribution in [-0.2, 0) is 11.2 Å². The molecule has 0 aliphatic heterocycles. The second-order valence-electron chi connectivity index (χ2n) is 6.86. The summed E-state index contributed by atoms with van der Waals surface area (Å²) in [6.07, 6.45) is 0.401. The lowest BCUT2D eigenvalue weighted by Crippen LogP contribution is -2.48. The van der Waals surface area contributed by atoms with Crippen LogP contribution in [0, 0.1) is 0 Å². The Bertz CT molecular complexity index is 944. The molecule has 0 heterocycles. The summed E-state index contributed by atoms with van der Waals surface area (Å²) in [5.74, 6) is -0.513. The van der Waals surface area contributed by atoms with Gasteiger partial charge in [-0.3, -0.25) is 9.59 Å². The van der Waals surface area contributed by atoms with Gasteiger partial charge in [-0.1, -0.05) is 72.3 Å². The minimum Gasteiger partial charge on any atom is -0.348 e. The lowest BCUT2D eigenvalue weighted by Gasteiger charge is -2.22. The van der Waals surface area contributed by atoms with Gasteiger partial charge >= 0.3 is 0 Å². The molecule has 29 heavy (non-hydrogen) atoms. The van der Waals surface area contributed by atoms with Crippen molar-refractivity contribution >= 4 is 23.4 Å². The van der Waals surface area contributed by atoms with E-state index in [1.807, 2.05) is 55.5 Å². The van der Waals surface area contributed by atoms with Gasteiger partial charge in [-0.05, 0) is 42.3 Å². The van der Waals surface area contributed by atoms with Crippen molar-refractivity contribution in [1.29, 1.82) is 0 Å². The first-order valence-corrected chi connectivity index (χ1v) is 9.86. The van der Waals surface area contributed by atoms with Crippen LogP contribution in [0.1, 0.15) is 34.5 Å². The van der Waals surface area contributed by atoms with Gasteiger partial charge in [0.25, 0.3) is 5.91 Å². The van der Waals surface area contributed by atoms with Crippen molar-refractivity contribution in [1.82, 2.24) is 10.6 Å². The minimum absolute atomic E-state index is 0.216. The van der Waals surface area contributed by atoms with Crippen LogP contribution in [0.3, 0.4) is 0 Å². The molecule has 0 aromatic heterocycles. The van der Waals surface area contributed by atoms with Crippen molar-refractivity contribution in [3.8, 4) is 0 Å². The van der Waals surface area contributed by atoms with Crippen molar-refractivity contribution in [3.63, 3.8) is 0 Å². The first-order valence-electron chi connectivity index (χ1n) is 9.48. The van der Waals surface area contributed by atoms with Crippen LogP contribution in [0.15, 0.2) is 84.9 Å². The van der Waals surface area contributed by atoms with E-state index in [-0.39, 0.29) is 17.9 Å². The average molecular weight is 407 g/mol. The molecule has 0 bridgehead atoms. The Hall–Kier alpha value is -3.11. The molecule has 0 aliphatic rings. The second-order valence-corrected chi connectivity index (χ2v) is 7.30. The topological polar surface area (TPSA) is 58.2 Å². The average Bonchev–Trinajstić information content (AvgIpc) is 2.75. The molecule has 4 nitrogen and oxygen atoms in total. The molecule has 2 amide bonds. The highest BCUT2D eigenvalue weighted by molar-refractivity contribution is 6.30. The number of nitrogens with one attached hydrogen (secondary N) is 2.